The van der Waals surface area contributed by atoms with Gasteiger partial charge in [0.15, 0.2) is 6.10 Å². The zero-order valence-electron chi connectivity index (χ0n) is 18.0. The van der Waals surface area contributed by atoms with Crippen LogP contribution in [-0.4, -0.2) is 18.2 Å². The molecule has 3 nitrogen and oxygen atoms in total. The highest BCUT2D eigenvalue weighted by Crippen LogP contribution is 2.29. The highest BCUT2D eigenvalue weighted by atomic mass is 19.4. The second-order valence-electron chi connectivity index (χ2n) is 7.78. The second-order valence-corrected chi connectivity index (χ2v) is 7.78. The average Bonchev–Trinajstić information content (AvgIpc) is 2.79. The van der Waals surface area contributed by atoms with Crippen molar-refractivity contribution in [3.63, 3.8) is 0 Å². The number of fused-ring (bicyclic) bond motifs is 1. The lowest BCUT2D eigenvalue weighted by Crippen LogP contribution is -2.33. The van der Waals surface area contributed by atoms with Gasteiger partial charge in [0.25, 0.3) is 0 Å². The Labute approximate surface area is 186 Å². The van der Waals surface area contributed by atoms with Gasteiger partial charge in [0.05, 0.1) is 5.56 Å². The summed E-state index contributed by atoms with van der Waals surface area (Å²) >= 11 is 0. The molecule has 0 saturated carbocycles. The van der Waals surface area contributed by atoms with Crippen molar-refractivity contribution in [2.45, 2.75) is 57.9 Å². The molecule has 0 radical (unpaired) electrons. The largest absolute Gasteiger partial charge is 0.489 e. The van der Waals surface area contributed by atoms with Gasteiger partial charge < -0.3 is 9.47 Å². The molecule has 0 bridgehead atoms. The van der Waals surface area contributed by atoms with Gasteiger partial charge in [-0.1, -0.05) is 68.7 Å². The van der Waals surface area contributed by atoms with Crippen LogP contribution in [0.2, 0.25) is 0 Å². The van der Waals surface area contributed by atoms with Crippen molar-refractivity contribution >= 4 is 16.7 Å². The van der Waals surface area contributed by atoms with E-state index in [4.69, 9.17) is 9.47 Å². The zero-order chi connectivity index (χ0) is 23.0. The highest BCUT2D eigenvalue weighted by molar-refractivity contribution is 5.95. The quantitative estimate of drug-likeness (QED) is 0.240. The van der Waals surface area contributed by atoms with E-state index < -0.39 is 18.2 Å². The molecule has 0 aromatic heterocycles. The normalized spacial score (nSPS) is 12.5. The maximum atomic E-state index is 13.3. The number of unbranched alkanes of at least 4 members (excludes halogenated alkanes) is 3. The Balaban J connectivity index is 1.66. The minimum Gasteiger partial charge on any atom is -0.489 e. The molecular formula is C26H27F3O3. The first kappa shape index (κ1) is 23.6. The van der Waals surface area contributed by atoms with E-state index in [1.165, 1.54) is 6.07 Å². The van der Waals surface area contributed by atoms with Gasteiger partial charge in [0, 0.05) is 0 Å². The Bertz CT molecular complexity index is 1020. The summed E-state index contributed by atoms with van der Waals surface area (Å²) in [6.07, 6.45) is -4.04. The van der Waals surface area contributed by atoms with Crippen molar-refractivity contribution in [3.05, 3.63) is 77.9 Å². The topological polar surface area (TPSA) is 35.5 Å². The van der Waals surface area contributed by atoms with E-state index in [-0.39, 0.29) is 12.0 Å². The molecule has 0 heterocycles. The van der Waals surface area contributed by atoms with Crippen molar-refractivity contribution in [2.24, 2.45) is 0 Å². The van der Waals surface area contributed by atoms with Crippen LogP contribution in [0.4, 0.5) is 13.2 Å². The van der Waals surface area contributed by atoms with Crippen LogP contribution in [0.25, 0.3) is 10.8 Å². The Morgan fingerprint density at radius 3 is 2.34 bits per heavy atom. The van der Waals surface area contributed by atoms with E-state index in [2.05, 4.69) is 0 Å². The molecule has 0 aliphatic carbocycles. The van der Waals surface area contributed by atoms with E-state index in [0.29, 0.717) is 25.2 Å². The summed E-state index contributed by atoms with van der Waals surface area (Å²) in [5, 5.41) is 1.54. The van der Waals surface area contributed by atoms with E-state index >= 15 is 0 Å². The van der Waals surface area contributed by atoms with Crippen molar-refractivity contribution in [1.82, 2.24) is 0 Å². The molecule has 3 rings (SSSR count). The SMILES string of the molecule is CCCCCC[C@@H](OC(=O)c1ccc2cc(OCc3ccccc3)ccc2c1)C(F)(F)F. The lowest BCUT2D eigenvalue weighted by atomic mass is 10.1. The number of carbonyl (C=O) groups is 1. The molecular weight excluding hydrogens is 417 g/mol. The number of esters is 1. The van der Waals surface area contributed by atoms with E-state index in [1.807, 2.05) is 43.3 Å². The van der Waals surface area contributed by atoms with Crippen LogP contribution < -0.4 is 4.74 Å². The van der Waals surface area contributed by atoms with E-state index in [1.54, 1.807) is 24.3 Å². The molecule has 3 aromatic carbocycles. The van der Waals surface area contributed by atoms with Gasteiger partial charge in [-0.2, -0.15) is 13.2 Å². The first-order valence-corrected chi connectivity index (χ1v) is 10.8. The molecule has 0 aliphatic rings. The minimum absolute atomic E-state index is 0.0956. The van der Waals surface area contributed by atoms with Crippen LogP contribution in [0.3, 0.4) is 0 Å². The number of rotatable bonds is 10. The van der Waals surface area contributed by atoms with Crippen LogP contribution in [0.15, 0.2) is 66.7 Å². The van der Waals surface area contributed by atoms with Crippen molar-refractivity contribution < 1.29 is 27.4 Å². The Kier molecular flexibility index (Phi) is 8.14. The Morgan fingerprint density at radius 2 is 1.62 bits per heavy atom. The number of alkyl halides is 3. The maximum absolute atomic E-state index is 13.3. The monoisotopic (exact) mass is 444 g/mol. The molecule has 0 amide bonds. The molecule has 6 heteroatoms. The third kappa shape index (κ3) is 6.74. The minimum atomic E-state index is -4.58. The molecule has 0 N–H and O–H groups in total. The van der Waals surface area contributed by atoms with Crippen molar-refractivity contribution in [1.29, 1.82) is 0 Å². The van der Waals surface area contributed by atoms with Gasteiger partial charge in [0.2, 0.25) is 0 Å². The summed E-state index contributed by atoms with van der Waals surface area (Å²) < 4.78 is 50.6. The van der Waals surface area contributed by atoms with Crippen LogP contribution in [0.5, 0.6) is 5.75 Å². The number of ether oxygens (including phenoxy) is 2. The van der Waals surface area contributed by atoms with Crippen LogP contribution in [0.1, 0.15) is 54.9 Å². The maximum Gasteiger partial charge on any atom is 0.425 e. The summed E-state index contributed by atoms with van der Waals surface area (Å²) in [7, 11) is 0. The van der Waals surface area contributed by atoms with Crippen LogP contribution in [0, 0.1) is 0 Å². The van der Waals surface area contributed by atoms with Gasteiger partial charge >= 0.3 is 12.1 Å². The molecule has 32 heavy (non-hydrogen) atoms. The van der Waals surface area contributed by atoms with Crippen molar-refractivity contribution in [3.8, 4) is 5.75 Å². The Morgan fingerprint density at radius 1 is 0.906 bits per heavy atom. The molecule has 0 aliphatic heterocycles. The molecule has 1 atom stereocenters. The first-order valence-electron chi connectivity index (χ1n) is 10.8. The van der Waals surface area contributed by atoms with Gasteiger partial charge in [0.1, 0.15) is 12.4 Å². The fourth-order valence-electron chi connectivity index (χ4n) is 3.42. The first-order chi connectivity index (χ1) is 15.4. The third-order valence-corrected chi connectivity index (χ3v) is 5.23. The van der Waals surface area contributed by atoms with E-state index in [0.717, 1.165) is 29.2 Å². The molecule has 3 aromatic rings. The molecule has 0 unspecified atom stereocenters. The fourth-order valence-corrected chi connectivity index (χ4v) is 3.42. The predicted molar refractivity (Wildman–Crippen MR) is 119 cm³/mol. The number of hydrogen-bond donors (Lipinski definition) is 0. The van der Waals surface area contributed by atoms with Crippen LogP contribution >= 0.6 is 0 Å². The zero-order valence-corrected chi connectivity index (χ0v) is 18.0. The summed E-state index contributed by atoms with van der Waals surface area (Å²) in [4.78, 5) is 12.4. The molecule has 0 spiro atoms. The summed E-state index contributed by atoms with van der Waals surface area (Å²) in [5.41, 5.74) is 1.14. The highest BCUT2D eigenvalue weighted by Gasteiger charge is 2.42. The van der Waals surface area contributed by atoms with Gasteiger partial charge in [-0.15, -0.1) is 0 Å². The number of benzene rings is 3. The molecule has 170 valence electrons. The molecule has 0 saturated heterocycles. The van der Waals surface area contributed by atoms with Gasteiger partial charge in [-0.25, -0.2) is 4.79 Å². The average molecular weight is 444 g/mol. The number of halogens is 3. The van der Waals surface area contributed by atoms with Gasteiger partial charge in [-0.3, -0.25) is 0 Å². The fraction of sp³-hybridized carbons (Fsp3) is 0.346. The van der Waals surface area contributed by atoms with Crippen LogP contribution in [-0.2, 0) is 11.3 Å². The molecule has 0 fully saturated rings. The number of hydrogen-bond acceptors (Lipinski definition) is 3. The summed E-state index contributed by atoms with van der Waals surface area (Å²) in [6.45, 7) is 2.41. The third-order valence-electron chi connectivity index (χ3n) is 5.23. The van der Waals surface area contributed by atoms with Gasteiger partial charge in [-0.05, 0) is 53.4 Å². The standard InChI is InChI=1S/C26H27F3O3/c1-2-3-4-8-11-24(26(27,28)29)32-25(30)22-13-12-21-17-23(15-14-20(21)16-22)31-18-19-9-6-5-7-10-19/h5-7,9-10,12-17,24H,2-4,8,11,18H2,1H3/t24-/m1/s1. The predicted octanol–water partition coefficient (Wildman–Crippen LogP) is 7.48. The smallest absolute Gasteiger partial charge is 0.425 e. The second kappa shape index (κ2) is 11.0. The number of carbonyl (C=O) groups excluding carboxylic acids is 1. The van der Waals surface area contributed by atoms with Crippen molar-refractivity contribution in [2.75, 3.05) is 0 Å². The van der Waals surface area contributed by atoms with E-state index in [9.17, 15) is 18.0 Å². The summed E-state index contributed by atoms with van der Waals surface area (Å²) in [6, 6.07) is 19.8. The summed E-state index contributed by atoms with van der Waals surface area (Å²) in [5.74, 6) is -0.296. The lowest BCUT2D eigenvalue weighted by molar-refractivity contribution is -0.206. The lowest BCUT2D eigenvalue weighted by Gasteiger charge is -2.20. The Hall–Kier alpha value is -3.02.